The van der Waals surface area contributed by atoms with E-state index in [0.29, 0.717) is 10.9 Å². The van der Waals surface area contributed by atoms with Crippen molar-refractivity contribution in [3.63, 3.8) is 0 Å². The number of hydrogen-bond donors (Lipinski definition) is 1. The van der Waals surface area contributed by atoms with Crippen LogP contribution in [0, 0.1) is 0 Å². The molecule has 0 bridgehead atoms. The lowest BCUT2D eigenvalue weighted by Crippen LogP contribution is -2.39. The second kappa shape index (κ2) is 5.77. The summed E-state index contributed by atoms with van der Waals surface area (Å²) in [5.41, 5.74) is 2.23. The molecule has 1 aromatic heterocycles. The molecule has 5 nitrogen and oxygen atoms in total. The highest BCUT2D eigenvalue weighted by atomic mass is 16.3. The van der Waals surface area contributed by atoms with Gasteiger partial charge in [0.25, 0.3) is 5.56 Å². The predicted molar refractivity (Wildman–Crippen MR) is 97.0 cm³/mol. The molecule has 0 spiro atoms. The normalized spacial score (nSPS) is 16.2. The van der Waals surface area contributed by atoms with Gasteiger partial charge in [0.05, 0.1) is 5.52 Å². The molecule has 1 amide bonds. The fourth-order valence-corrected chi connectivity index (χ4v) is 3.64. The minimum absolute atomic E-state index is 0.0572. The fourth-order valence-electron chi connectivity index (χ4n) is 3.64. The Labute approximate surface area is 144 Å². The molecule has 2 heterocycles. The molecule has 1 aliphatic heterocycles. The predicted octanol–water partition coefficient (Wildman–Crippen LogP) is 2.68. The summed E-state index contributed by atoms with van der Waals surface area (Å²) in [6, 6.07) is 16.1. The molecule has 126 valence electrons. The Bertz CT molecular complexity index is 1040. The summed E-state index contributed by atoms with van der Waals surface area (Å²) in [5, 5.41) is 10.5. The van der Waals surface area contributed by atoms with Crippen LogP contribution in [0.2, 0.25) is 0 Å². The molecule has 5 heteroatoms. The largest absolute Gasteiger partial charge is 0.507 e. The lowest BCUT2D eigenvalue weighted by molar-refractivity contribution is -0.119. The van der Waals surface area contributed by atoms with Gasteiger partial charge in [-0.1, -0.05) is 30.3 Å². The van der Waals surface area contributed by atoms with Crippen LogP contribution in [0.25, 0.3) is 10.9 Å². The molecule has 0 saturated carbocycles. The zero-order valence-corrected chi connectivity index (χ0v) is 13.8. The van der Waals surface area contributed by atoms with Crippen LogP contribution in [0.1, 0.15) is 12.5 Å². The van der Waals surface area contributed by atoms with Gasteiger partial charge in [-0.05, 0) is 37.1 Å². The van der Waals surface area contributed by atoms with Crippen molar-refractivity contribution in [2.45, 2.75) is 25.9 Å². The highest BCUT2D eigenvalue weighted by molar-refractivity contribution is 5.97. The Hall–Kier alpha value is -3.08. The number of aromatic nitrogens is 1. The number of nitrogens with zero attached hydrogens (tertiary/aromatic N) is 2. The number of para-hydroxylation sites is 2. The van der Waals surface area contributed by atoms with Gasteiger partial charge in [0.15, 0.2) is 0 Å². The van der Waals surface area contributed by atoms with Crippen LogP contribution in [0.15, 0.2) is 59.4 Å². The zero-order chi connectivity index (χ0) is 17.6. The van der Waals surface area contributed by atoms with Crippen LogP contribution in [-0.4, -0.2) is 21.6 Å². The zero-order valence-electron chi connectivity index (χ0n) is 13.8. The summed E-state index contributed by atoms with van der Waals surface area (Å²) in [6.07, 6.45) is 0.813. The van der Waals surface area contributed by atoms with E-state index in [4.69, 9.17) is 0 Å². The number of fused-ring (bicyclic) bond motifs is 2. The van der Waals surface area contributed by atoms with Gasteiger partial charge in [-0.2, -0.15) is 0 Å². The van der Waals surface area contributed by atoms with Crippen LogP contribution in [0.3, 0.4) is 0 Å². The van der Waals surface area contributed by atoms with Crippen molar-refractivity contribution in [3.05, 3.63) is 70.5 Å². The van der Waals surface area contributed by atoms with E-state index in [9.17, 15) is 14.7 Å². The average molecular weight is 334 g/mol. The number of pyridine rings is 1. The minimum atomic E-state index is -0.385. The summed E-state index contributed by atoms with van der Waals surface area (Å²) in [4.78, 5) is 27.1. The van der Waals surface area contributed by atoms with Crippen LogP contribution in [0.4, 0.5) is 5.69 Å². The molecule has 2 aromatic carbocycles. The number of hydrogen-bond acceptors (Lipinski definition) is 3. The van der Waals surface area contributed by atoms with Crippen molar-refractivity contribution in [1.29, 1.82) is 0 Å². The van der Waals surface area contributed by atoms with E-state index in [-0.39, 0.29) is 29.8 Å². The van der Waals surface area contributed by atoms with E-state index in [1.807, 2.05) is 31.2 Å². The maximum atomic E-state index is 13.0. The number of amides is 1. The Balaban J connectivity index is 1.75. The van der Waals surface area contributed by atoms with Crippen LogP contribution in [0.5, 0.6) is 5.75 Å². The molecular weight excluding hydrogens is 316 g/mol. The van der Waals surface area contributed by atoms with Crippen LogP contribution >= 0.6 is 0 Å². The molecule has 0 saturated heterocycles. The first-order valence-electron chi connectivity index (χ1n) is 8.28. The summed E-state index contributed by atoms with van der Waals surface area (Å²) in [5.74, 6) is -0.195. The first kappa shape index (κ1) is 15.4. The summed E-state index contributed by atoms with van der Waals surface area (Å²) in [6.45, 7) is 1.95. The molecule has 1 N–H and O–H groups in total. The van der Waals surface area contributed by atoms with E-state index in [0.717, 1.165) is 23.7 Å². The summed E-state index contributed by atoms with van der Waals surface area (Å²) >= 11 is 0. The molecule has 1 atom stereocenters. The van der Waals surface area contributed by atoms with Crippen molar-refractivity contribution >= 4 is 22.5 Å². The molecule has 0 radical (unpaired) electrons. The number of rotatable bonds is 2. The highest BCUT2D eigenvalue weighted by Crippen LogP contribution is 2.32. The lowest BCUT2D eigenvalue weighted by Gasteiger charge is -2.23. The van der Waals surface area contributed by atoms with E-state index >= 15 is 0 Å². The molecule has 1 aliphatic rings. The average Bonchev–Trinajstić information content (AvgIpc) is 2.94. The first-order valence-corrected chi connectivity index (χ1v) is 8.28. The van der Waals surface area contributed by atoms with E-state index in [2.05, 4.69) is 0 Å². The van der Waals surface area contributed by atoms with Crippen molar-refractivity contribution < 1.29 is 9.90 Å². The Morgan fingerprint density at radius 1 is 1.16 bits per heavy atom. The third-order valence-electron chi connectivity index (χ3n) is 4.77. The molecule has 4 rings (SSSR count). The topological polar surface area (TPSA) is 62.5 Å². The Kier molecular flexibility index (Phi) is 3.57. The van der Waals surface area contributed by atoms with Gasteiger partial charge < -0.3 is 10.0 Å². The van der Waals surface area contributed by atoms with Gasteiger partial charge in [-0.3, -0.25) is 14.2 Å². The molecule has 0 aliphatic carbocycles. The Morgan fingerprint density at radius 3 is 2.72 bits per heavy atom. The van der Waals surface area contributed by atoms with Crippen LogP contribution < -0.4 is 10.5 Å². The molecule has 25 heavy (non-hydrogen) atoms. The molecule has 3 aromatic rings. The molecule has 0 fully saturated rings. The maximum Gasteiger partial charge on any atom is 0.255 e. The van der Waals surface area contributed by atoms with E-state index < -0.39 is 0 Å². The van der Waals surface area contributed by atoms with Gasteiger partial charge in [0.2, 0.25) is 5.91 Å². The quantitative estimate of drug-likeness (QED) is 0.784. The SMILES string of the molecule is C[C@H]1Cc2ccccc2N1C(=O)Cn1c(=O)cc(O)c2ccccc21. The number of carbonyl (C=O) groups is 1. The van der Waals surface area contributed by atoms with E-state index in [1.165, 1.54) is 4.57 Å². The second-order valence-corrected chi connectivity index (χ2v) is 6.42. The number of carbonyl (C=O) groups excluding carboxylic acids is 1. The third kappa shape index (κ3) is 2.48. The van der Waals surface area contributed by atoms with Gasteiger partial charge in [0, 0.05) is 23.2 Å². The summed E-state index contributed by atoms with van der Waals surface area (Å²) in [7, 11) is 0. The summed E-state index contributed by atoms with van der Waals surface area (Å²) < 4.78 is 1.42. The molecular formula is C20H18N2O3. The van der Waals surface area contributed by atoms with Crippen molar-refractivity contribution in [1.82, 2.24) is 4.57 Å². The van der Waals surface area contributed by atoms with Gasteiger partial charge in [-0.25, -0.2) is 0 Å². The molecule has 0 unspecified atom stereocenters. The number of aromatic hydroxyl groups is 1. The highest BCUT2D eigenvalue weighted by Gasteiger charge is 2.30. The third-order valence-corrected chi connectivity index (χ3v) is 4.77. The second-order valence-electron chi connectivity index (χ2n) is 6.42. The smallest absolute Gasteiger partial charge is 0.255 e. The van der Waals surface area contributed by atoms with E-state index in [1.54, 1.807) is 29.2 Å². The van der Waals surface area contributed by atoms with Crippen LogP contribution in [-0.2, 0) is 17.8 Å². The van der Waals surface area contributed by atoms with Crippen molar-refractivity contribution in [3.8, 4) is 5.75 Å². The Morgan fingerprint density at radius 2 is 1.88 bits per heavy atom. The minimum Gasteiger partial charge on any atom is -0.507 e. The van der Waals surface area contributed by atoms with Crippen molar-refractivity contribution in [2.75, 3.05) is 4.90 Å². The lowest BCUT2D eigenvalue weighted by atomic mass is 10.1. The first-order chi connectivity index (χ1) is 12.1. The van der Waals surface area contributed by atoms with Gasteiger partial charge in [-0.15, -0.1) is 0 Å². The number of anilines is 1. The van der Waals surface area contributed by atoms with Gasteiger partial charge in [0.1, 0.15) is 12.3 Å². The maximum absolute atomic E-state index is 13.0. The standard InChI is InChI=1S/C20H18N2O3/c1-13-10-14-6-2-4-8-16(14)22(13)20(25)12-21-17-9-5-3-7-15(17)18(23)11-19(21)24/h2-9,11,13,23H,10,12H2,1H3/t13-/m0/s1. The number of benzene rings is 2. The van der Waals surface area contributed by atoms with Crippen molar-refractivity contribution in [2.24, 2.45) is 0 Å². The monoisotopic (exact) mass is 334 g/mol. The van der Waals surface area contributed by atoms with Gasteiger partial charge >= 0.3 is 0 Å². The fraction of sp³-hybridized carbons (Fsp3) is 0.200.